The molecule has 0 aromatic carbocycles. The maximum absolute atomic E-state index is 14.3. The second-order valence-electron chi connectivity index (χ2n) is 15.1. The van der Waals surface area contributed by atoms with Crippen molar-refractivity contribution < 1.29 is 27.4 Å². The molecule has 54 heavy (non-hydrogen) atoms. The van der Waals surface area contributed by atoms with Crippen molar-refractivity contribution in [1.82, 2.24) is 34.8 Å². The van der Waals surface area contributed by atoms with Gasteiger partial charge in [-0.2, -0.15) is 13.2 Å². The monoisotopic (exact) mass is 749 g/mol. The molecular weight excluding hydrogens is 699 g/mol. The molecule has 7 rings (SSSR count). The molecule has 5 heterocycles. The molecule has 0 bridgehead atoms. The number of piperazine rings is 1. The number of carbonyl (C=O) groups is 1. The lowest BCUT2D eigenvalue weighted by Crippen LogP contribution is -2.52. The SMILES string of the molecule is CCOCC1(CN(C)c2cc(-c3cnc(C4CC4)c(C(F)(F)F)c3)nc3nc(-c4cnc(N5CCN(CCC(=O)OCC)C[C@H]5C)cn4)[nH]c23)CCCC1. The number of rotatable bonds is 14. The van der Waals surface area contributed by atoms with E-state index in [4.69, 9.17) is 29.4 Å². The highest BCUT2D eigenvalue weighted by Crippen LogP contribution is 2.46. The van der Waals surface area contributed by atoms with Crippen molar-refractivity contribution in [3.05, 3.63) is 42.0 Å². The molecule has 2 aliphatic carbocycles. The molecule has 12 nitrogen and oxygen atoms in total. The summed E-state index contributed by atoms with van der Waals surface area (Å²) in [6.45, 7) is 11.3. The lowest BCUT2D eigenvalue weighted by Gasteiger charge is -2.40. The highest BCUT2D eigenvalue weighted by Gasteiger charge is 2.40. The van der Waals surface area contributed by atoms with Crippen LogP contribution in [0.1, 0.15) is 82.9 Å². The fraction of sp³-hybridized carbons (Fsp3) is 0.590. The third-order valence-corrected chi connectivity index (χ3v) is 11.0. The number of halogens is 3. The summed E-state index contributed by atoms with van der Waals surface area (Å²) in [4.78, 5) is 45.4. The molecule has 3 aliphatic rings. The Bertz CT molecular complexity index is 1930. The molecule has 3 fully saturated rings. The third-order valence-electron chi connectivity index (χ3n) is 11.0. The number of nitrogens with one attached hydrogen (secondary N) is 1. The first-order valence-electron chi connectivity index (χ1n) is 19.2. The normalized spacial score (nSPS) is 19.1. The Hall–Kier alpha value is -4.37. The number of imidazole rings is 1. The van der Waals surface area contributed by atoms with E-state index < -0.39 is 11.7 Å². The Labute approximate surface area is 313 Å². The number of carbonyl (C=O) groups excluding carboxylic acids is 1. The number of aromatic nitrogens is 6. The first-order chi connectivity index (χ1) is 26.0. The second kappa shape index (κ2) is 15.8. The van der Waals surface area contributed by atoms with Gasteiger partial charge in [0.1, 0.15) is 17.0 Å². The Morgan fingerprint density at radius 2 is 1.81 bits per heavy atom. The number of H-pyrrole nitrogens is 1. The van der Waals surface area contributed by atoms with Crippen LogP contribution in [0.4, 0.5) is 24.7 Å². The van der Waals surface area contributed by atoms with E-state index in [0.29, 0.717) is 80.5 Å². The topological polar surface area (TPSA) is 125 Å². The summed E-state index contributed by atoms with van der Waals surface area (Å²) < 4.78 is 53.9. The lowest BCUT2D eigenvalue weighted by molar-refractivity contribution is -0.143. The molecule has 4 aromatic rings. The molecule has 0 amide bonds. The van der Waals surface area contributed by atoms with Crippen LogP contribution in [0.25, 0.3) is 33.9 Å². The number of alkyl halides is 3. The van der Waals surface area contributed by atoms with Gasteiger partial charge in [-0.25, -0.2) is 19.9 Å². The third kappa shape index (κ3) is 8.31. The molecule has 4 aromatic heterocycles. The number of hydrogen-bond donors (Lipinski definition) is 1. The van der Waals surface area contributed by atoms with Crippen LogP contribution in [0.2, 0.25) is 0 Å². The largest absolute Gasteiger partial charge is 0.466 e. The number of hydrogen-bond acceptors (Lipinski definition) is 11. The van der Waals surface area contributed by atoms with Gasteiger partial charge in [-0.1, -0.05) is 12.8 Å². The highest BCUT2D eigenvalue weighted by atomic mass is 19.4. The Morgan fingerprint density at radius 1 is 1.02 bits per heavy atom. The van der Waals surface area contributed by atoms with Crippen LogP contribution < -0.4 is 9.80 Å². The predicted molar refractivity (Wildman–Crippen MR) is 200 cm³/mol. The second-order valence-corrected chi connectivity index (χ2v) is 15.1. The van der Waals surface area contributed by atoms with Crippen molar-refractivity contribution in [2.75, 3.05) is 69.4 Å². The van der Waals surface area contributed by atoms with Crippen LogP contribution in [-0.2, 0) is 20.4 Å². The van der Waals surface area contributed by atoms with E-state index in [2.05, 4.69) is 31.6 Å². The van der Waals surface area contributed by atoms with Crippen molar-refractivity contribution in [2.24, 2.45) is 5.41 Å². The summed E-state index contributed by atoms with van der Waals surface area (Å²) in [6.07, 6.45) is 6.53. The number of nitrogens with zero attached hydrogens (tertiary/aromatic N) is 8. The molecule has 0 spiro atoms. The van der Waals surface area contributed by atoms with Gasteiger partial charge in [-0.15, -0.1) is 0 Å². The highest BCUT2D eigenvalue weighted by molar-refractivity contribution is 5.91. The van der Waals surface area contributed by atoms with Gasteiger partial charge >= 0.3 is 12.1 Å². The minimum atomic E-state index is -4.53. The molecule has 1 N–H and O–H groups in total. The standard InChI is InChI=1S/C39H50F3N9O3/c1-5-53-24-38(12-7-8-13-38)23-49(4)31-18-29(27-17-28(39(40,41)42)34(45-19-27)26-9-10-26)46-37-35(31)47-36(48-37)30-20-44-32(21-43-30)51-16-15-50(22-25(51)3)14-11-33(52)54-6-2/h17-21,25-26H,5-16,22-24H2,1-4H3,(H,46,47,48)/t25-/m1/s1. The average molecular weight is 750 g/mol. The molecule has 1 atom stereocenters. The average Bonchev–Trinajstić information content (AvgIpc) is 3.75. The number of ether oxygens (including phenoxy) is 2. The van der Waals surface area contributed by atoms with Crippen LogP contribution in [0.3, 0.4) is 0 Å². The Kier molecular flexibility index (Phi) is 11.1. The summed E-state index contributed by atoms with van der Waals surface area (Å²) in [5, 5.41) is 0. The number of aromatic amines is 1. The lowest BCUT2D eigenvalue weighted by atomic mass is 9.86. The molecule has 0 radical (unpaired) electrons. The molecular formula is C39H50F3N9O3. The smallest absolute Gasteiger partial charge is 0.418 e. The number of fused-ring (bicyclic) bond motifs is 1. The first kappa shape index (κ1) is 37.9. The van der Waals surface area contributed by atoms with E-state index in [-0.39, 0.29) is 34.6 Å². The van der Waals surface area contributed by atoms with Gasteiger partial charge in [0.25, 0.3) is 0 Å². The molecule has 1 saturated heterocycles. The summed E-state index contributed by atoms with van der Waals surface area (Å²) in [5.74, 6) is 0.868. The summed E-state index contributed by atoms with van der Waals surface area (Å²) in [5.41, 5.74) is 2.35. The van der Waals surface area contributed by atoms with Crippen LogP contribution in [0.15, 0.2) is 30.7 Å². The van der Waals surface area contributed by atoms with Gasteiger partial charge < -0.3 is 24.3 Å². The zero-order valence-corrected chi connectivity index (χ0v) is 31.6. The molecule has 15 heteroatoms. The summed E-state index contributed by atoms with van der Waals surface area (Å²) in [6, 6.07) is 3.18. The Morgan fingerprint density at radius 3 is 2.48 bits per heavy atom. The van der Waals surface area contributed by atoms with E-state index in [1.807, 2.05) is 27.0 Å². The van der Waals surface area contributed by atoms with E-state index in [9.17, 15) is 18.0 Å². The van der Waals surface area contributed by atoms with Gasteiger partial charge in [0.05, 0.1) is 54.7 Å². The van der Waals surface area contributed by atoms with Crippen molar-refractivity contribution >= 4 is 28.6 Å². The van der Waals surface area contributed by atoms with E-state index in [1.54, 1.807) is 12.4 Å². The minimum Gasteiger partial charge on any atom is -0.466 e. The zero-order valence-electron chi connectivity index (χ0n) is 31.6. The van der Waals surface area contributed by atoms with E-state index in [1.165, 1.54) is 12.3 Å². The fourth-order valence-corrected chi connectivity index (χ4v) is 8.10. The number of esters is 1. The fourth-order valence-electron chi connectivity index (χ4n) is 8.10. The van der Waals surface area contributed by atoms with Crippen LogP contribution in [-0.4, -0.2) is 106 Å². The maximum Gasteiger partial charge on any atom is 0.418 e. The quantitative estimate of drug-likeness (QED) is 0.136. The molecule has 290 valence electrons. The summed E-state index contributed by atoms with van der Waals surface area (Å²) >= 11 is 0. The van der Waals surface area contributed by atoms with Gasteiger partial charge in [-0.05, 0) is 58.6 Å². The van der Waals surface area contributed by atoms with E-state index in [0.717, 1.165) is 56.8 Å². The van der Waals surface area contributed by atoms with Gasteiger partial charge in [0, 0.05) is 75.5 Å². The summed E-state index contributed by atoms with van der Waals surface area (Å²) in [7, 11) is 2.01. The number of pyridine rings is 2. The zero-order chi connectivity index (χ0) is 38.0. The molecule has 0 unspecified atom stereocenters. The Balaban J connectivity index is 1.18. The number of anilines is 2. The van der Waals surface area contributed by atoms with Crippen molar-refractivity contribution in [2.45, 2.75) is 83.9 Å². The maximum atomic E-state index is 14.3. The molecule has 2 saturated carbocycles. The van der Waals surface area contributed by atoms with Gasteiger partial charge in [-0.3, -0.25) is 14.7 Å². The van der Waals surface area contributed by atoms with E-state index >= 15 is 0 Å². The van der Waals surface area contributed by atoms with Crippen molar-refractivity contribution in [3.8, 4) is 22.8 Å². The van der Waals surface area contributed by atoms with Gasteiger partial charge in [0.2, 0.25) is 0 Å². The van der Waals surface area contributed by atoms with Crippen LogP contribution >= 0.6 is 0 Å². The van der Waals surface area contributed by atoms with Crippen molar-refractivity contribution in [3.63, 3.8) is 0 Å². The molecule has 1 aliphatic heterocycles. The first-order valence-corrected chi connectivity index (χ1v) is 19.2. The minimum absolute atomic E-state index is 0.0366. The van der Waals surface area contributed by atoms with Crippen LogP contribution in [0, 0.1) is 5.41 Å². The predicted octanol–water partition coefficient (Wildman–Crippen LogP) is 6.87. The van der Waals surface area contributed by atoms with Crippen LogP contribution in [0.5, 0.6) is 0 Å². The van der Waals surface area contributed by atoms with Crippen molar-refractivity contribution in [1.29, 1.82) is 0 Å². The van der Waals surface area contributed by atoms with Gasteiger partial charge in [0.15, 0.2) is 11.5 Å².